The van der Waals surface area contributed by atoms with Crippen LogP contribution in [0.15, 0.2) is 134 Å². The van der Waals surface area contributed by atoms with Crippen molar-refractivity contribution < 1.29 is 47.5 Å². The maximum atomic E-state index is 13.1. The van der Waals surface area contributed by atoms with Gasteiger partial charge >= 0.3 is 12.1 Å². The van der Waals surface area contributed by atoms with Crippen LogP contribution in [0.2, 0.25) is 0 Å². The van der Waals surface area contributed by atoms with Crippen LogP contribution in [0.4, 0.5) is 4.79 Å². The second-order valence-electron chi connectivity index (χ2n) is 12.3. The van der Waals surface area contributed by atoms with Gasteiger partial charge in [0.05, 0.1) is 26.4 Å². The van der Waals surface area contributed by atoms with Gasteiger partial charge in [-0.15, -0.1) is 0 Å². The number of ether oxygens (including phenoxy) is 8. The smallest absolute Gasteiger partial charge is 0.408 e. The Labute approximate surface area is 303 Å². The fraction of sp³-hybridized carbons (Fsp3) is 0.317. The number of benzene rings is 4. The quantitative estimate of drug-likeness (QED) is 0.109. The molecule has 11 nitrogen and oxygen atoms in total. The highest BCUT2D eigenvalue weighted by atomic mass is 16.8. The van der Waals surface area contributed by atoms with Gasteiger partial charge in [0.25, 0.3) is 0 Å². The predicted molar refractivity (Wildman–Crippen MR) is 189 cm³/mol. The average molecular weight is 710 g/mol. The van der Waals surface area contributed by atoms with E-state index in [4.69, 9.17) is 37.9 Å². The lowest BCUT2D eigenvalue weighted by Crippen LogP contribution is -2.64. The van der Waals surface area contributed by atoms with Crippen LogP contribution in [0.1, 0.15) is 28.5 Å². The van der Waals surface area contributed by atoms with Crippen molar-refractivity contribution in [3.05, 3.63) is 156 Å². The van der Waals surface area contributed by atoms with Gasteiger partial charge in [-0.05, 0) is 16.7 Å². The summed E-state index contributed by atoms with van der Waals surface area (Å²) in [4.78, 5) is 26.0. The Morgan fingerprint density at radius 2 is 1.27 bits per heavy atom. The van der Waals surface area contributed by atoms with Crippen LogP contribution in [0.3, 0.4) is 0 Å². The molecule has 0 aromatic heterocycles. The van der Waals surface area contributed by atoms with Crippen molar-refractivity contribution in [3.8, 4) is 0 Å². The molecule has 7 atom stereocenters. The summed E-state index contributed by atoms with van der Waals surface area (Å²) in [7, 11) is 0. The maximum absolute atomic E-state index is 13.1. The largest absolute Gasteiger partial charge is 0.460 e. The van der Waals surface area contributed by atoms with E-state index < -0.39 is 55.1 Å². The molecule has 2 aliphatic heterocycles. The third-order valence-electron chi connectivity index (χ3n) is 8.49. The molecule has 0 radical (unpaired) electrons. The number of alkyl carbamates (subject to hydrolysis) is 1. The van der Waals surface area contributed by atoms with E-state index in [9.17, 15) is 9.59 Å². The van der Waals surface area contributed by atoms with Crippen LogP contribution >= 0.6 is 0 Å². The summed E-state index contributed by atoms with van der Waals surface area (Å²) >= 11 is 0. The zero-order chi connectivity index (χ0) is 36.0. The third-order valence-corrected chi connectivity index (χ3v) is 8.49. The van der Waals surface area contributed by atoms with Crippen molar-refractivity contribution in [3.63, 3.8) is 0 Å². The molecule has 0 saturated carbocycles. The van der Waals surface area contributed by atoms with Crippen molar-refractivity contribution >= 4 is 12.1 Å². The van der Waals surface area contributed by atoms with Gasteiger partial charge in [0.15, 0.2) is 18.6 Å². The molecule has 4 aromatic carbocycles. The van der Waals surface area contributed by atoms with Gasteiger partial charge in [-0.2, -0.15) is 0 Å². The lowest BCUT2D eigenvalue weighted by molar-refractivity contribution is -0.372. The Hall–Kier alpha value is -4.88. The lowest BCUT2D eigenvalue weighted by atomic mass is 9.97. The van der Waals surface area contributed by atoms with Crippen LogP contribution in [0.25, 0.3) is 0 Å². The first-order chi connectivity index (χ1) is 25.6. The Morgan fingerprint density at radius 1 is 0.712 bits per heavy atom. The van der Waals surface area contributed by atoms with Crippen molar-refractivity contribution in [2.24, 2.45) is 0 Å². The standard InChI is InChI=1S/C41H43NO10/c1-2-23-45-38(43)33(42-41(44)50-26-31-19-11-5-12-20-31)27-48-40-37(47-25-30-17-9-4-10-18-30)36(46-24-29-15-7-3-8-16-29)35-34(51-40)28-49-39(52-35)32-21-13-6-14-22-32/h2-22,33-37,39-40H,1,23-28H2,(H,42,44)/t33-,34+,35+,36-,37-,39+,40+/m0/s1. The number of fused-ring (bicyclic) bond motifs is 1. The van der Waals surface area contributed by atoms with E-state index in [2.05, 4.69) is 11.9 Å². The minimum atomic E-state index is -1.25. The summed E-state index contributed by atoms with van der Waals surface area (Å²) in [5, 5.41) is 2.57. The number of esters is 1. The summed E-state index contributed by atoms with van der Waals surface area (Å²) in [6, 6.07) is 37.1. The van der Waals surface area contributed by atoms with Gasteiger partial charge in [-0.25, -0.2) is 9.59 Å². The van der Waals surface area contributed by atoms with E-state index in [-0.39, 0.29) is 39.6 Å². The number of carbonyl (C=O) groups is 2. The molecule has 0 spiro atoms. The average Bonchev–Trinajstić information content (AvgIpc) is 3.20. The SMILES string of the molecule is C=CCOC(=O)[C@H](CO[C@@H]1O[C@@H]2CO[C@@H](c3ccccc3)O[C@H]2[C@H](OCc2ccccc2)[C@@H]1OCc1ccccc1)NC(=O)OCc1ccccc1. The zero-order valence-corrected chi connectivity index (χ0v) is 28.7. The molecule has 0 unspecified atom stereocenters. The number of amides is 1. The fourth-order valence-corrected chi connectivity index (χ4v) is 5.87. The normalized spacial score (nSPS) is 23.1. The Morgan fingerprint density at radius 3 is 1.87 bits per heavy atom. The molecule has 11 heteroatoms. The maximum Gasteiger partial charge on any atom is 0.408 e. The van der Waals surface area contributed by atoms with E-state index in [0.29, 0.717) is 0 Å². The van der Waals surface area contributed by atoms with Crippen molar-refractivity contribution in [2.75, 3.05) is 19.8 Å². The molecule has 52 heavy (non-hydrogen) atoms. The number of rotatable bonds is 16. The molecule has 2 fully saturated rings. The van der Waals surface area contributed by atoms with Gasteiger partial charge in [0.1, 0.15) is 37.6 Å². The first-order valence-electron chi connectivity index (χ1n) is 17.2. The molecule has 6 rings (SSSR count). The molecule has 4 aromatic rings. The van der Waals surface area contributed by atoms with Crippen LogP contribution < -0.4 is 5.32 Å². The van der Waals surface area contributed by atoms with Crippen LogP contribution in [-0.2, 0) is 62.5 Å². The summed E-state index contributed by atoms with van der Waals surface area (Å²) in [6.07, 6.45) is -3.87. The molecular formula is C41H43NO10. The van der Waals surface area contributed by atoms with Gasteiger partial charge < -0.3 is 43.2 Å². The number of hydrogen-bond acceptors (Lipinski definition) is 10. The van der Waals surface area contributed by atoms with E-state index in [1.807, 2.05) is 121 Å². The zero-order valence-electron chi connectivity index (χ0n) is 28.7. The van der Waals surface area contributed by atoms with Crippen molar-refractivity contribution in [1.29, 1.82) is 0 Å². The van der Waals surface area contributed by atoms with Crippen LogP contribution in [0, 0.1) is 0 Å². The minimum absolute atomic E-state index is 0.0105. The number of nitrogens with one attached hydrogen (secondary N) is 1. The monoisotopic (exact) mass is 709 g/mol. The first-order valence-corrected chi connectivity index (χ1v) is 17.2. The predicted octanol–water partition coefficient (Wildman–Crippen LogP) is 6.04. The first kappa shape index (κ1) is 36.9. The highest BCUT2D eigenvalue weighted by Crippen LogP contribution is 2.37. The van der Waals surface area contributed by atoms with Gasteiger partial charge in [-0.1, -0.05) is 134 Å². The second-order valence-corrected chi connectivity index (χ2v) is 12.3. The van der Waals surface area contributed by atoms with Gasteiger partial charge in [-0.3, -0.25) is 0 Å². The lowest BCUT2D eigenvalue weighted by Gasteiger charge is -2.49. The fourth-order valence-electron chi connectivity index (χ4n) is 5.87. The topological polar surface area (TPSA) is 120 Å². The van der Waals surface area contributed by atoms with Crippen LogP contribution in [-0.4, -0.2) is 68.6 Å². The van der Waals surface area contributed by atoms with Gasteiger partial charge in [0, 0.05) is 5.56 Å². The number of carbonyl (C=O) groups excluding carboxylic acids is 2. The molecule has 2 saturated heterocycles. The van der Waals surface area contributed by atoms with Gasteiger partial charge in [0.2, 0.25) is 0 Å². The van der Waals surface area contributed by atoms with E-state index in [1.165, 1.54) is 6.08 Å². The molecule has 1 N–H and O–H groups in total. The Balaban J connectivity index is 1.23. The highest BCUT2D eigenvalue weighted by molar-refractivity contribution is 5.81. The van der Waals surface area contributed by atoms with Crippen molar-refractivity contribution in [2.45, 2.75) is 62.9 Å². The van der Waals surface area contributed by atoms with Crippen LogP contribution in [0.5, 0.6) is 0 Å². The molecule has 0 aliphatic carbocycles. The van der Waals surface area contributed by atoms with E-state index in [1.54, 1.807) is 0 Å². The van der Waals surface area contributed by atoms with E-state index >= 15 is 0 Å². The molecule has 1 amide bonds. The molecule has 2 heterocycles. The summed E-state index contributed by atoms with van der Waals surface area (Å²) in [5.74, 6) is -0.737. The Bertz CT molecular complexity index is 1680. The summed E-state index contributed by atoms with van der Waals surface area (Å²) in [6.45, 7) is 3.88. The molecule has 2 aliphatic rings. The molecule has 0 bridgehead atoms. The van der Waals surface area contributed by atoms with E-state index in [0.717, 1.165) is 22.3 Å². The summed E-state index contributed by atoms with van der Waals surface area (Å²) < 4.78 is 49.4. The van der Waals surface area contributed by atoms with Crippen molar-refractivity contribution in [1.82, 2.24) is 5.32 Å². The highest BCUT2D eigenvalue weighted by Gasteiger charge is 2.52. The minimum Gasteiger partial charge on any atom is -0.460 e. The third kappa shape index (κ3) is 10.3. The molecule has 272 valence electrons. The molecular weight excluding hydrogens is 666 g/mol. The summed E-state index contributed by atoms with van der Waals surface area (Å²) in [5.41, 5.74) is 3.53. The number of hydrogen-bond donors (Lipinski definition) is 1. The second kappa shape index (κ2) is 19.1. The Kier molecular flexibility index (Phi) is 13.5.